The van der Waals surface area contributed by atoms with Gasteiger partial charge in [0.15, 0.2) is 24.4 Å². The lowest BCUT2D eigenvalue weighted by Crippen LogP contribution is -2.61. The van der Waals surface area contributed by atoms with E-state index >= 15 is 0 Å². The molecule has 9 rings (SSSR count). The van der Waals surface area contributed by atoms with Crippen molar-refractivity contribution in [3.05, 3.63) is 177 Å². The van der Waals surface area contributed by atoms with Crippen LogP contribution in [0.1, 0.15) is 45.9 Å². The molecule has 4 saturated heterocycles. The Labute approximate surface area is 436 Å². The number of methoxy groups -OCH3 is 4. The molecule has 5 aromatic carbocycles. The maximum atomic E-state index is 13.6. The lowest BCUT2D eigenvalue weighted by atomic mass is 9.91. The molecule has 20 heteroatoms. The highest BCUT2D eigenvalue weighted by molar-refractivity contribution is 7.98. The monoisotopic (exact) mass is 1060 g/mol. The van der Waals surface area contributed by atoms with E-state index < -0.39 is 29.3 Å². The fraction of sp³-hybridized carbons (Fsp3) is 0.308. The zero-order valence-corrected chi connectivity index (χ0v) is 43.9. The summed E-state index contributed by atoms with van der Waals surface area (Å²) < 4.78 is 40.8. The zero-order chi connectivity index (χ0) is 52.1. The van der Waals surface area contributed by atoms with E-state index in [0.717, 1.165) is 10.5 Å². The third-order valence-corrected chi connectivity index (χ3v) is 15.4. The van der Waals surface area contributed by atoms with E-state index in [9.17, 15) is 33.7 Å². The molecule has 0 saturated carbocycles. The van der Waals surface area contributed by atoms with Gasteiger partial charge in [0, 0.05) is 69.3 Å². The molecule has 0 radical (unpaired) electrons. The number of aryl methyl sites for hydroxylation is 1. The summed E-state index contributed by atoms with van der Waals surface area (Å²) in [7, 11) is 6.03. The van der Waals surface area contributed by atoms with Crippen molar-refractivity contribution in [3.63, 3.8) is 0 Å². The van der Waals surface area contributed by atoms with Crippen LogP contribution in [-0.4, -0.2) is 123 Å². The van der Waals surface area contributed by atoms with Gasteiger partial charge in [0.2, 0.25) is 0 Å². The molecule has 5 aromatic rings. The molecule has 0 spiro atoms. The Bertz CT molecular complexity index is 2640. The molecule has 378 valence electrons. The number of benzene rings is 5. The molecule has 0 bridgehead atoms. The van der Waals surface area contributed by atoms with Gasteiger partial charge in [-0.3, -0.25) is 46.5 Å². The van der Waals surface area contributed by atoms with Gasteiger partial charge in [0.05, 0.1) is 10.5 Å². The third-order valence-electron chi connectivity index (χ3n) is 11.9. The molecule has 0 aliphatic carbocycles. The van der Waals surface area contributed by atoms with Crippen molar-refractivity contribution in [2.75, 3.05) is 47.2 Å². The molecule has 8 atom stereocenters. The maximum absolute atomic E-state index is 13.6. The van der Waals surface area contributed by atoms with Gasteiger partial charge in [-0.05, 0) is 66.4 Å². The molecule has 15 nitrogen and oxygen atoms in total. The van der Waals surface area contributed by atoms with E-state index in [0.29, 0.717) is 11.1 Å². The van der Waals surface area contributed by atoms with E-state index in [1.54, 1.807) is 71.7 Å². The van der Waals surface area contributed by atoms with E-state index in [1.165, 1.54) is 93.9 Å². The largest absolute Gasteiger partial charge is 0.369 e. The first-order valence-electron chi connectivity index (χ1n) is 22.2. The Kier molecular flexibility index (Phi) is 20.2. The van der Waals surface area contributed by atoms with Crippen LogP contribution in [0.2, 0.25) is 0 Å². The molecule has 4 aliphatic heterocycles. The summed E-state index contributed by atoms with van der Waals surface area (Å²) in [6, 6.07) is 39.6. The fourth-order valence-corrected chi connectivity index (χ4v) is 11.4. The summed E-state index contributed by atoms with van der Waals surface area (Å²) in [5, 5.41) is 11.0. The second kappa shape index (κ2) is 26.2. The first-order valence-corrected chi connectivity index (χ1v) is 26.5. The van der Waals surface area contributed by atoms with Crippen molar-refractivity contribution in [3.8, 4) is 11.8 Å². The van der Waals surface area contributed by atoms with Crippen LogP contribution in [0.25, 0.3) is 0 Å². The van der Waals surface area contributed by atoms with Crippen LogP contribution in [-0.2, 0) is 38.1 Å². The zero-order valence-electron chi connectivity index (χ0n) is 40.7. The summed E-state index contributed by atoms with van der Waals surface area (Å²) >= 11 is 5.39. The SMILES string of the molecule is COC1C(=O)N(SC)C1c1ccccc1C.COC1C(=O)N(SC)C1c1ccccc1F.COC1C(=O)N(SC)C1c1ccccc1[N+](=O)[O-].COC1C(=O)N(Sc2ccccc2)C1C#Cc1ccccc1. The molecule has 0 aromatic heterocycles. The van der Waals surface area contributed by atoms with Crippen molar-refractivity contribution in [2.45, 2.75) is 60.4 Å². The normalized spacial score (nSPS) is 22.7. The molecule has 8 unspecified atom stereocenters. The molecular formula is C52H54FN5O10S4. The number of hydrogen-bond acceptors (Lipinski definition) is 14. The standard InChI is InChI=1S/C18H15NO2S.C12H15NO2S.C11H12FNO2S.C11H12N2O4S/c1-21-17-16(13-12-14-8-4-2-5-9-14)19(18(17)20)22-15-10-6-3-7-11-15;1-8-6-4-5-7-9(8)10-11(15-2)12(14)13(10)16-3;1-15-10-9(13(16-2)11(10)14)7-5-3-4-6-8(7)12;1-17-10-9(12(18-2)11(10)14)7-5-3-4-6-8(7)13(15)16/h2-11,16-17H,1H3;4-7,10-11H,1-3H3;3-6,9-10H,1-2H3;3-6,9-10H,1-2H3. The Balaban J connectivity index is 0.000000158. The molecule has 4 aliphatic rings. The highest BCUT2D eigenvalue weighted by Gasteiger charge is 2.52. The molecule has 72 heavy (non-hydrogen) atoms. The van der Waals surface area contributed by atoms with Crippen molar-refractivity contribution in [2.24, 2.45) is 0 Å². The summed E-state index contributed by atoms with van der Waals surface area (Å²) in [4.78, 5) is 58.7. The number of ether oxygens (including phenoxy) is 4. The van der Waals surface area contributed by atoms with Crippen LogP contribution in [0.5, 0.6) is 0 Å². The molecule has 4 fully saturated rings. The second-order valence-electron chi connectivity index (χ2n) is 15.8. The molecular weight excluding hydrogens is 1000 g/mol. The number of rotatable bonds is 13. The molecule has 4 amide bonds. The third kappa shape index (κ3) is 12.0. The minimum atomic E-state index is -0.640. The lowest BCUT2D eigenvalue weighted by molar-refractivity contribution is -0.386. The number of hydrogen-bond donors (Lipinski definition) is 0. The average molecular weight is 1060 g/mol. The van der Waals surface area contributed by atoms with Gasteiger partial charge < -0.3 is 18.9 Å². The van der Waals surface area contributed by atoms with Gasteiger partial charge in [0.25, 0.3) is 29.3 Å². The average Bonchev–Trinajstić information content (AvgIpc) is 3.39. The van der Waals surface area contributed by atoms with Crippen LogP contribution in [0.15, 0.2) is 138 Å². The number of nitro benzene ring substituents is 1. The van der Waals surface area contributed by atoms with Crippen molar-refractivity contribution < 1.29 is 47.4 Å². The number of nitro groups is 1. The number of carbonyl (C=O) groups excluding carboxylic acids is 4. The quantitative estimate of drug-likeness (QED) is 0.0361. The highest BCUT2D eigenvalue weighted by Crippen LogP contribution is 2.45. The van der Waals surface area contributed by atoms with Crippen molar-refractivity contribution in [1.82, 2.24) is 17.2 Å². The number of amides is 4. The fourth-order valence-electron chi connectivity index (χ4n) is 8.20. The summed E-state index contributed by atoms with van der Waals surface area (Å²) in [5.74, 6) is 5.70. The van der Waals surface area contributed by atoms with Crippen LogP contribution in [0.4, 0.5) is 10.1 Å². The number of halogens is 1. The lowest BCUT2D eigenvalue weighted by Gasteiger charge is -2.45. The van der Waals surface area contributed by atoms with Gasteiger partial charge in [0.1, 0.15) is 30.0 Å². The highest BCUT2D eigenvalue weighted by atomic mass is 32.2. The van der Waals surface area contributed by atoms with Crippen molar-refractivity contribution in [1.29, 1.82) is 0 Å². The molecule has 0 N–H and O–H groups in total. The van der Waals surface area contributed by atoms with Crippen molar-refractivity contribution >= 4 is 77.1 Å². The topological polar surface area (TPSA) is 161 Å². The Morgan fingerprint density at radius 1 is 0.528 bits per heavy atom. The van der Waals surface area contributed by atoms with Crippen LogP contribution < -0.4 is 0 Å². The Hall–Kier alpha value is -5.89. The van der Waals surface area contributed by atoms with Gasteiger partial charge in [-0.15, -0.1) is 0 Å². The Morgan fingerprint density at radius 3 is 1.40 bits per heavy atom. The summed E-state index contributed by atoms with van der Waals surface area (Å²) in [5.41, 5.74) is 4.31. The van der Waals surface area contributed by atoms with Gasteiger partial charge in [-0.1, -0.05) is 139 Å². The van der Waals surface area contributed by atoms with Crippen LogP contribution in [0.3, 0.4) is 0 Å². The van der Waals surface area contributed by atoms with E-state index in [2.05, 4.69) is 30.9 Å². The molecule has 4 heterocycles. The van der Waals surface area contributed by atoms with Gasteiger partial charge >= 0.3 is 0 Å². The summed E-state index contributed by atoms with van der Waals surface area (Å²) in [6.45, 7) is 2.06. The van der Waals surface area contributed by atoms with Crippen LogP contribution >= 0.6 is 47.8 Å². The van der Waals surface area contributed by atoms with Crippen LogP contribution in [0, 0.1) is 34.7 Å². The maximum Gasteiger partial charge on any atom is 0.274 e. The van der Waals surface area contributed by atoms with Gasteiger partial charge in [-0.2, -0.15) is 0 Å². The van der Waals surface area contributed by atoms with E-state index in [1.807, 2.05) is 79.1 Å². The first kappa shape index (κ1) is 55.4. The van der Waals surface area contributed by atoms with Gasteiger partial charge in [-0.25, -0.2) is 4.39 Å². The first-order chi connectivity index (χ1) is 34.8. The number of nitrogens with zero attached hydrogens (tertiary/aromatic N) is 5. The number of carbonyl (C=O) groups is 4. The predicted molar refractivity (Wildman–Crippen MR) is 279 cm³/mol. The van der Waals surface area contributed by atoms with E-state index in [4.69, 9.17) is 18.9 Å². The predicted octanol–water partition coefficient (Wildman–Crippen LogP) is 8.92. The van der Waals surface area contributed by atoms with E-state index in [-0.39, 0.29) is 59.4 Å². The Morgan fingerprint density at radius 2 is 0.931 bits per heavy atom. The number of β-lactam (4-membered cyclic amide) rings is 4. The minimum absolute atomic E-state index is 0.0103. The minimum Gasteiger partial charge on any atom is -0.369 e. The number of para-hydroxylation sites is 1. The summed E-state index contributed by atoms with van der Waals surface area (Å²) in [6.07, 6.45) is 3.45. The second-order valence-corrected chi connectivity index (χ2v) is 19.2. The smallest absolute Gasteiger partial charge is 0.274 e.